The fourth-order valence-corrected chi connectivity index (χ4v) is 2.41. The van der Waals surface area contributed by atoms with Crippen molar-refractivity contribution in [2.75, 3.05) is 34.3 Å². The van der Waals surface area contributed by atoms with Crippen LogP contribution in [0, 0.1) is 0 Å². The molecule has 1 aromatic heterocycles. The molecule has 2 rings (SSSR count). The van der Waals surface area contributed by atoms with E-state index in [0.717, 1.165) is 17.3 Å². The molecular formula is C19H25N5O2. The Labute approximate surface area is 154 Å². The van der Waals surface area contributed by atoms with Crippen molar-refractivity contribution < 1.29 is 9.53 Å². The molecule has 0 saturated heterocycles. The highest BCUT2D eigenvalue weighted by atomic mass is 16.5. The molecule has 0 fully saturated rings. The van der Waals surface area contributed by atoms with E-state index in [4.69, 9.17) is 4.74 Å². The summed E-state index contributed by atoms with van der Waals surface area (Å²) in [6.07, 6.45) is 3.19. The lowest BCUT2D eigenvalue weighted by Gasteiger charge is -2.22. The van der Waals surface area contributed by atoms with E-state index in [1.807, 2.05) is 36.2 Å². The van der Waals surface area contributed by atoms with Gasteiger partial charge in [-0.2, -0.15) is 0 Å². The Bertz CT molecular complexity index is 716. The predicted octanol–water partition coefficient (Wildman–Crippen LogP) is 1.53. The summed E-state index contributed by atoms with van der Waals surface area (Å²) in [6.45, 7) is 1.78. The third-order valence-electron chi connectivity index (χ3n) is 3.77. The van der Waals surface area contributed by atoms with Crippen LogP contribution in [0.5, 0.6) is 5.75 Å². The van der Waals surface area contributed by atoms with Crippen molar-refractivity contribution in [3.8, 4) is 5.75 Å². The van der Waals surface area contributed by atoms with Gasteiger partial charge in [0.1, 0.15) is 5.75 Å². The van der Waals surface area contributed by atoms with E-state index in [2.05, 4.69) is 20.6 Å². The number of carbonyl (C=O) groups excluding carboxylic acids is 1. The van der Waals surface area contributed by atoms with Crippen molar-refractivity contribution in [2.45, 2.75) is 6.54 Å². The number of methoxy groups -OCH3 is 1. The maximum atomic E-state index is 12.0. The molecule has 2 aromatic rings. The van der Waals surface area contributed by atoms with Crippen molar-refractivity contribution in [1.82, 2.24) is 20.5 Å². The standard InChI is InChI=1S/C19H25N5O2/c1-20-19(24(2)14-15-6-8-17(26-3)9-7-15)23-12-11-22-18(25)16-5-4-10-21-13-16/h4-10,13H,11-12,14H2,1-3H3,(H,20,23)(H,22,25). The number of nitrogens with zero attached hydrogens (tertiary/aromatic N) is 3. The molecule has 0 unspecified atom stereocenters. The van der Waals surface area contributed by atoms with Gasteiger partial charge in [0.2, 0.25) is 0 Å². The number of aliphatic imine (C=N–C) groups is 1. The summed E-state index contributed by atoms with van der Waals surface area (Å²) in [7, 11) is 5.36. The third-order valence-corrected chi connectivity index (χ3v) is 3.77. The molecule has 0 atom stereocenters. The number of guanidine groups is 1. The molecule has 1 heterocycles. The van der Waals surface area contributed by atoms with Crippen LogP contribution < -0.4 is 15.4 Å². The van der Waals surface area contributed by atoms with Crippen LogP contribution in [0.4, 0.5) is 0 Å². The summed E-state index contributed by atoms with van der Waals surface area (Å²) in [5, 5.41) is 6.09. The molecule has 26 heavy (non-hydrogen) atoms. The van der Waals surface area contributed by atoms with Gasteiger partial charge in [0.05, 0.1) is 12.7 Å². The van der Waals surface area contributed by atoms with Gasteiger partial charge in [-0.3, -0.25) is 14.8 Å². The van der Waals surface area contributed by atoms with E-state index in [1.165, 1.54) is 0 Å². The van der Waals surface area contributed by atoms with Crippen LogP contribution in [-0.4, -0.2) is 56.0 Å². The van der Waals surface area contributed by atoms with Crippen molar-refractivity contribution in [3.05, 3.63) is 59.9 Å². The van der Waals surface area contributed by atoms with Crippen LogP contribution in [0.15, 0.2) is 53.8 Å². The average molecular weight is 355 g/mol. The van der Waals surface area contributed by atoms with Crippen molar-refractivity contribution in [1.29, 1.82) is 0 Å². The monoisotopic (exact) mass is 355 g/mol. The molecule has 0 aliphatic rings. The number of nitrogens with one attached hydrogen (secondary N) is 2. The zero-order chi connectivity index (χ0) is 18.8. The molecule has 0 aliphatic heterocycles. The second-order valence-electron chi connectivity index (χ2n) is 5.68. The molecule has 2 N–H and O–H groups in total. The summed E-state index contributed by atoms with van der Waals surface area (Å²) in [6, 6.07) is 11.4. The quantitative estimate of drug-likeness (QED) is 0.447. The first-order chi connectivity index (χ1) is 12.6. The maximum absolute atomic E-state index is 12.0. The molecule has 0 bridgehead atoms. The highest BCUT2D eigenvalue weighted by Crippen LogP contribution is 2.12. The second kappa shape index (κ2) is 10.0. The van der Waals surface area contributed by atoms with Gasteiger partial charge in [-0.05, 0) is 29.8 Å². The maximum Gasteiger partial charge on any atom is 0.252 e. The SMILES string of the molecule is CN=C(NCCNC(=O)c1cccnc1)N(C)Cc1ccc(OC)cc1. The number of amides is 1. The van der Waals surface area contributed by atoms with E-state index in [-0.39, 0.29) is 5.91 Å². The van der Waals surface area contributed by atoms with E-state index in [9.17, 15) is 4.79 Å². The molecule has 0 saturated carbocycles. The minimum atomic E-state index is -0.138. The molecule has 0 spiro atoms. The van der Waals surface area contributed by atoms with Crippen LogP contribution in [0.3, 0.4) is 0 Å². The molecule has 0 radical (unpaired) electrons. The van der Waals surface area contributed by atoms with E-state index >= 15 is 0 Å². The largest absolute Gasteiger partial charge is 0.497 e. The fourth-order valence-electron chi connectivity index (χ4n) is 2.41. The van der Waals surface area contributed by atoms with Gasteiger partial charge in [0.25, 0.3) is 5.91 Å². The number of ether oxygens (including phenoxy) is 1. The van der Waals surface area contributed by atoms with Gasteiger partial charge in [0.15, 0.2) is 5.96 Å². The summed E-state index contributed by atoms with van der Waals surface area (Å²) < 4.78 is 5.17. The van der Waals surface area contributed by atoms with E-state index in [1.54, 1.807) is 38.7 Å². The van der Waals surface area contributed by atoms with Gasteiger partial charge in [-0.25, -0.2) is 0 Å². The summed E-state index contributed by atoms with van der Waals surface area (Å²) in [5.41, 5.74) is 1.70. The van der Waals surface area contributed by atoms with Gasteiger partial charge in [0, 0.05) is 46.1 Å². The molecule has 1 amide bonds. The van der Waals surface area contributed by atoms with Crippen LogP contribution in [-0.2, 0) is 6.54 Å². The fraction of sp³-hybridized carbons (Fsp3) is 0.316. The Morgan fingerprint density at radius 3 is 2.54 bits per heavy atom. The summed E-state index contributed by atoms with van der Waals surface area (Å²) in [5.74, 6) is 1.46. The molecule has 1 aromatic carbocycles. The first-order valence-electron chi connectivity index (χ1n) is 8.37. The second-order valence-corrected chi connectivity index (χ2v) is 5.68. The summed E-state index contributed by atoms with van der Waals surface area (Å²) in [4.78, 5) is 22.2. The number of hydrogen-bond acceptors (Lipinski definition) is 4. The molecule has 7 heteroatoms. The van der Waals surface area contributed by atoms with Crippen LogP contribution in [0.25, 0.3) is 0 Å². The van der Waals surface area contributed by atoms with Crippen LogP contribution in [0.2, 0.25) is 0 Å². The Kier molecular flexibility index (Phi) is 7.42. The number of pyridine rings is 1. The topological polar surface area (TPSA) is 78.8 Å². The minimum absolute atomic E-state index is 0.138. The zero-order valence-electron chi connectivity index (χ0n) is 15.4. The van der Waals surface area contributed by atoms with E-state index in [0.29, 0.717) is 25.2 Å². The number of carbonyl (C=O) groups is 1. The Hall–Kier alpha value is -3.09. The smallest absolute Gasteiger partial charge is 0.252 e. The highest BCUT2D eigenvalue weighted by molar-refractivity contribution is 5.93. The molecule has 7 nitrogen and oxygen atoms in total. The van der Waals surface area contributed by atoms with E-state index < -0.39 is 0 Å². The number of aromatic nitrogens is 1. The van der Waals surface area contributed by atoms with Crippen molar-refractivity contribution >= 4 is 11.9 Å². The highest BCUT2D eigenvalue weighted by Gasteiger charge is 2.08. The first-order valence-corrected chi connectivity index (χ1v) is 8.37. The molecule has 138 valence electrons. The Morgan fingerprint density at radius 2 is 1.92 bits per heavy atom. The van der Waals surface area contributed by atoms with Crippen LogP contribution in [0.1, 0.15) is 15.9 Å². The average Bonchev–Trinajstić information content (AvgIpc) is 2.69. The molecule has 0 aliphatic carbocycles. The lowest BCUT2D eigenvalue weighted by atomic mass is 10.2. The first kappa shape index (κ1) is 19.2. The minimum Gasteiger partial charge on any atom is -0.497 e. The zero-order valence-corrected chi connectivity index (χ0v) is 15.4. The van der Waals surface area contributed by atoms with Gasteiger partial charge in [-0.15, -0.1) is 0 Å². The Balaban J connectivity index is 1.76. The lowest BCUT2D eigenvalue weighted by molar-refractivity contribution is 0.0954. The number of hydrogen-bond donors (Lipinski definition) is 2. The number of rotatable bonds is 7. The molecular weight excluding hydrogens is 330 g/mol. The van der Waals surface area contributed by atoms with Crippen molar-refractivity contribution in [3.63, 3.8) is 0 Å². The third kappa shape index (κ3) is 5.77. The van der Waals surface area contributed by atoms with Gasteiger partial charge >= 0.3 is 0 Å². The number of benzene rings is 1. The van der Waals surface area contributed by atoms with Crippen LogP contribution >= 0.6 is 0 Å². The van der Waals surface area contributed by atoms with Gasteiger partial charge < -0.3 is 20.3 Å². The van der Waals surface area contributed by atoms with Crippen molar-refractivity contribution in [2.24, 2.45) is 4.99 Å². The Morgan fingerprint density at radius 1 is 1.19 bits per heavy atom. The lowest BCUT2D eigenvalue weighted by Crippen LogP contribution is -2.42. The predicted molar refractivity (Wildman–Crippen MR) is 102 cm³/mol. The van der Waals surface area contributed by atoms with Gasteiger partial charge in [-0.1, -0.05) is 12.1 Å². The summed E-state index contributed by atoms with van der Waals surface area (Å²) >= 11 is 0. The normalized spacial score (nSPS) is 11.0.